The summed E-state index contributed by atoms with van der Waals surface area (Å²) in [7, 11) is 0. The van der Waals surface area contributed by atoms with E-state index in [0.29, 0.717) is 0 Å². The fraction of sp³-hybridized carbons (Fsp3) is 0.333. The molecule has 0 spiro atoms. The second kappa shape index (κ2) is 6.02. The fourth-order valence-electron chi connectivity index (χ4n) is 2.11. The number of hydrogen-bond donors (Lipinski definition) is 4. The van der Waals surface area contributed by atoms with Gasteiger partial charge in [0.2, 0.25) is 0 Å². The molecule has 2 aromatic carbocycles. The molecular weight excluding hydrogens is 242 g/mol. The fourth-order valence-corrected chi connectivity index (χ4v) is 2.11. The summed E-state index contributed by atoms with van der Waals surface area (Å²) in [4.78, 5) is 0. The molecule has 0 heterocycles. The first kappa shape index (κ1) is 13.8. The maximum atomic E-state index is 10.3. The van der Waals surface area contributed by atoms with Crippen molar-refractivity contribution in [2.45, 2.75) is 19.1 Å². The number of aliphatic hydroxyl groups is 2. The van der Waals surface area contributed by atoms with Crippen LogP contribution in [-0.4, -0.2) is 34.6 Å². The van der Waals surface area contributed by atoms with E-state index >= 15 is 0 Å². The Morgan fingerprint density at radius 2 is 1.89 bits per heavy atom. The van der Waals surface area contributed by atoms with Crippen LogP contribution in [0.15, 0.2) is 36.4 Å². The molecule has 19 heavy (non-hydrogen) atoms. The molecular formula is C15H19NO3. The molecule has 4 heteroatoms. The summed E-state index contributed by atoms with van der Waals surface area (Å²) < 4.78 is 0. The van der Waals surface area contributed by atoms with Crippen LogP contribution in [0.25, 0.3) is 10.8 Å². The molecule has 0 aliphatic rings. The van der Waals surface area contributed by atoms with Crippen LogP contribution in [0.4, 0.5) is 0 Å². The Morgan fingerprint density at radius 3 is 2.63 bits per heavy atom. The summed E-state index contributed by atoms with van der Waals surface area (Å²) in [5.41, 5.74) is 0.781. The van der Waals surface area contributed by atoms with Gasteiger partial charge in [0.15, 0.2) is 0 Å². The lowest BCUT2D eigenvalue weighted by atomic mass is 10.0. The average Bonchev–Trinajstić information content (AvgIpc) is 2.45. The molecule has 102 valence electrons. The van der Waals surface area contributed by atoms with E-state index < -0.39 is 6.10 Å². The Balaban J connectivity index is 2.22. The van der Waals surface area contributed by atoms with Gasteiger partial charge in [0, 0.05) is 23.5 Å². The Kier molecular flexibility index (Phi) is 4.37. The zero-order valence-corrected chi connectivity index (χ0v) is 10.9. The molecule has 0 fully saturated rings. The summed E-state index contributed by atoms with van der Waals surface area (Å²) in [6.45, 7) is 1.92. The normalized spacial score (nSPS) is 14.5. The van der Waals surface area contributed by atoms with E-state index in [0.717, 1.165) is 16.3 Å². The summed E-state index contributed by atoms with van der Waals surface area (Å²) >= 11 is 0. The first-order chi connectivity index (χ1) is 9.13. The van der Waals surface area contributed by atoms with Crippen LogP contribution in [0, 0.1) is 0 Å². The monoisotopic (exact) mass is 261 g/mol. The van der Waals surface area contributed by atoms with Crippen LogP contribution >= 0.6 is 0 Å². The number of benzene rings is 2. The highest BCUT2D eigenvalue weighted by atomic mass is 16.3. The lowest BCUT2D eigenvalue weighted by molar-refractivity contribution is 0.0923. The number of fused-ring (bicyclic) bond motifs is 1. The van der Waals surface area contributed by atoms with E-state index in [4.69, 9.17) is 5.11 Å². The predicted molar refractivity (Wildman–Crippen MR) is 75.1 cm³/mol. The van der Waals surface area contributed by atoms with E-state index in [1.807, 2.05) is 43.3 Å². The van der Waals surface area contributed by atoms with E-state index in [1.54, 1.807) is 0 Å². The van der Waals surface area contributed by atoms with Crippen molar-refractivity contribution in [1.29, 1.82) is 0 Å². The molecule has 0 amide bonds. The lowest BCUT2D eigenvalue weighted by Gasteiger charge is -2.18. The number of phenols is 1. The van der Waals surface area contributed by atoms with Gasteiger partial charge in [-0.15, -0.1) is 0 Å². The summed E-state index contributed by atoms with van der Waals surface area (Å²) in [6.07, 6.45) is -0.787. The molecule has 0 radical (unpaired) electrons. The number of nitrogens with one attached hydrogen (secondary N) is 1. The maximum absolute atomic E-state index is 10.3. The summed E-state index contributed by atoms with van der Waals surface area (Å²) in [5, 5.41) is 33.3. The standard InChI is InChI=1S/C15H19NO3/c1-10(16-8-12(18)9-17)13-7-6-11-4-2-3-5-14(11)15(13)19/h2-7,10,12,16-19H,8-9H2,1H3. The predicted octanol–water partition coefficient (Wildman–Crippen LogP) is 1.55. The quantitative estimate of drug-likeness (QED) is 0.659. The van der Waals surface area contributed by atoms with Gasteiger partial charge in [-0.1, -0.05) is 36.4 Å². The zero-order chi connectivity index (χ0) is 13.8. The van der Waals surface area contributed by atoms with Gasteiger partial charge < -0.3 is 20.6 Å². The van der Waals surface area contributed by atoms with Crippen LogP contribution in [0.2, 0.25) is 0 Å². The van der Waals surface area contributed by atoms with Gasteiger partial charge in [0.25, 0.3) is 0 Å². The van der Waals surface area contributed by atoms with Gasteiger partial charge in [-0.2, -0.15) is 0 Å². The van der Waals surface area contributed by atoms with Crippen molar-refractivity contribution >= 4 is 10.8 Å². The largest absolute Gasteiger partial charge is 0.507 e. The first-order valence-electron chi connectivity index (χ1n) is 6.36. The molecule has 0 aliphatic heterocycles. The van der Waals surface area contributed by atoms with Gasteiger partial charge in [-0.3, -0.25) is 0 Å². The summed E-state index contributed by atoms with van der Waals surface area (Å²) in [5.74, 6) is 0.261. The van der Waals surface area contributed by atoms with E-state index in [2.05, 4.69) is 5.32 Å². The molecule has 2 unspecified atom stereocenters. The zero-order valence-electron chi connectivity index (χ0n) is 10.9. The van der Waals surface area contributed by atoms with Crippen molar-refractivity contribution < 1.29 is 15.3 Å². The van der Waals surface area contributed by atoms with E-state index in [-0.39, 0.29) is 24.9 Å². The van der Waals surface area contributed by atoms with Gasteiger partial charge >= 0.3 is 0 Å². The first-order valence-corrected chi connectivity index (χ1v) is 6.36. The third-order valence-corrected chi connectivity index (χ3v) is 3.27. The van der Waals surface area contributed by atoms with Gasteiger partial charge in [0.05, 0.1) is 12.7 Å². The molecule has 2 atom stereocenters. The van der Waals surface area contributed by atoms with Crippen LogP contribution in [-0.2, 0) is 0 Å². The highest BCUT2D eigenvalue weighted by molar-refractivity contribution is 5.89. The minimum absolute atomic E-state index is 0.106. The minimum Gasteiger partial charge on any atom is -0.507 e. The Hall–Kier alpha value is -1.62. The maximum Gasteiger partial charge on any atom is 0.128 e. The van der Waals surface area contributed by atoms with Crippen LogP contribution < -0.4 is 5.32 Å². The highest BCUT2D eigenvalue weighted by Crippen LogP contribution is 2.32. The van der Waals surface area contributed by atoms with Crippen LogP contribution in [0.3, 0.4) is 0 Å². The molecule has 2 rings (SSSR count). The topological polar surface area (TPSA) is 72.7 Å². The number of aliphatic hydroxyl groups excluding tert-OH is 2. The number of rotatable bonds is 5. The second-order valence-corrected chi connectivity index (χ2v) is 4.69. The molecule has 4 N–H and O–H groups in total. The second-order valence-electron chi connectivity index (χ2n) is 4.69. The smallest absolute Gasteiger partial charge is 0.128 e. The minimum atomic E-state index is -0.787. The number of aromatic hydroxyl groups is 1. The van der Waals surface area contributed by atoms with Crippen molar-refractivity contribution in [3.8, 4) is 5.75 Å². The summed E-state index contributed by atoms with van der Waals surface area (Å²) in [6, 6.07) is 11.4. The molecule has 0 bridgehead atoms. The SMILES string of the molecule is CC(NCC(O)CO)c1ccc2ccccc2c1O. The van der Waals surface area contributed by atoms with Crippen molar-refractivity contribution in [2.75, 3.05) is 13.2 Å². The molecule has 0 saturated carbocycles. The number of phenolic OH excluding ortho intramolecular Hbond substituents is 1. The molecule has 0 aromatic heterocycles. The van der Waals surface area contributed by atoms with E-state index in [1.165, 1.54) is 0 Å². The Bertz CT molecular complexity index is 556. The average molecular weight is 261 g/mol. The lowest BCUT2D eigenvalue weighted by Crippen LogP contribution is -2.31. The van der Waals surface area contributed by atoms with Gasteiger partial charge in [0.1, 0.15) is 5.75 Å². The molecule has 2 aromatic rings. The number of hydrogen-bond acceptors (Lipinski definition) is 4. The van der Waals surface area contributed by atoms with Gasteiger partial charge in [-0.25, -0.2) is 0 Å². The molecule has 0 saturated heterocycles. The Morgan fingerprint density at radius 1 is 1.16 bits per heavy atom. The Labute approximate surface area is 112 Å². The van der Waals surface area contributed by atoms with Crippen molar-refractivity contribution in [1.82, 2.24) is 5.32 Å². The van der Waals surface area contributed by atoms with E-state index in [9.17, 15) is 10.2 Å². The third-order valence-electron chi connectivity index (χ3n) is 3.27. The van der Waals surface area contributed by atoms with Crippen molar-refractivity contribution in [3.05, 3.63) is 42.0 Å². The van der Waals surface area contributed by atoms with Crippen LogP contribution in [0.1, 0.15) is 18.5 Å². The van der Waals surface area contributed by atoms with Crippen molar-refractivity contribution in [3.63, 3.8) is 0 Å². The molecule has 0 aliphatic carbocycles. The molecule has 4 nitrogen and oxygen atoms in total. The van der Waals surface area contributed by atoms with Gasteiger partial charge in [-0.05, 0) is 12.3 Å². The third kappa shape index (κ3) is 3.04. The highest BCUT2D eigenvalue weighted by Gasteiger charge is 2.13. The van der Waals surface area contributed by atoms with Crippen molar-refractivity contribution in [2.24, 2.45) is 0 Å². The van der Waals surface area contributed by atoms with Crippen LogP contribution in [0.5, 0.6) is 5.75 Å².